The Bertz CT molecular complexity index is 1250. The number of amides is 1. The highest BCUT2D eigenvalue weighted by molar-refractivity contribution is 5.92. The van der Waals surface area contributed by atoms with E-state index in [2.05, 4.69) is 5.10 Å². The summed E-state index contributed by atoms with van der Waals surface area (Å²) in [5.74, 6) is 0.596. The van der Waals surface area contributed by atoms with Gasteiger partial charge in [0.15, 0.2) is 0 Å². The zero-order valence-corrected chi connectivity index (χ0v) is 20.6. The van der Waals surface area contributed by atoms with Crippen molar-refractivity contribution in [2.24, 2.45) is 7.05 Å². The molecule has 0 atom stereocenters. The number of aryl methyl sites for hydroxylation is 1. The Morgan fingerprint density at radius 1 is 1.00 bits per heavy atom. The molecule has 192 valence electrons. The van der Waals surface area contributed by atoms with Gasteiger partial charge in [0.1, 0.15) is 28.5 Å². The maximum atomic E-state index is 14.0. The van der Waals surface area contributed by atoms with E-state index in [1.54, 1.807) is 31.3 Å². The summed E-state index contributed by atoms with van der Waals surface area (Å²) in [6.07, 6.45) is -2.65. The van der Waals surface area contributed by atoms with Crippen molar-refractivity contribution in [2.75, 3.05) is 21.3 Å². The second-order valence-electron chi connectivity index (χ2n) is 8.68. The van der Waals surface area contributed by atoms with E-state index in [9.17, 15) is 18.0 Å². The van der Waals surface area contributed by atoms with Gasteiger partial charge in [0.2, 0.25) is 0 Å². The third-order valence-electron chi connectivity index (χ3n) is 6.23. The minimum absolute atomic E-state index is 0.00441. The molecule has 4 rings (SSSR count). The Morgan fingerprint density at radius 3 is 2.31 bits per heavy atom. The van der Waals surface area contributed by atoms with Crippen LogP contribution in [0, 0.1) is 0 Å². The van der Waals surface area contributed by atoms with Crippen LogP contribution in [0.4, 0.5) is 13.2 Å². The second kappa shape index (κ2) is 10.1. The van der Waals surface area contributed by atoms with Gasteiger partial charge in [0, 0.05) is 31.1 Å². The van der Waals surface area contributed by atoms with Gasteiger partial charge in [-0.25, -0.2) is 0 Å². The molecule has 10 heteroatoms. The first kappa shape index (κ1) is 25.4. The zero-order chi connectivity index (χ0) is 26.0. The first-order chi connectivity index (χ1) is 17.2. The lowest BCUT2D eigenvalue weighted by Gasteiger charge is -2.26. The topological polar surface area (TPSA) is 65.8 Å². The highest BCUT2D eigenvalue weighted by Gasteiger charge is 2.38. The summed E-state index contributed by atoms with van der Waals surface area (Å²) in [5, 5.41) is 4.46. The largest absolute Gasteiger partial charge is 0.497 e. The van der Waals surface area contributed by atoms with Gasteiger partial charge >= 0.3 is 6.18 Å². The third kappa shape index (κ3) is 5.27. The predicted octanol–water partition coefficient (Wildman–Crippen LogP) is 5.18. The number of carbonyl (C=O) groups excluding carboxylic acids is 1. The lowest BCUT2D eigenvalue weighted by atomic mass is 10.0. The number of methoxy groups -OCH3 is 3. The Labute approximate surface area is 207 Å². The number of hydrogen-bond acceptors (Lipinski definition) is 5. The first-order valence-electron chi connectivity index (χ1n) is 11.4. The van der Waals surface area contributed by atoms with Crippen LogP contribution in [0.15, 0.2) is 42.5 Å². The van der Waals surface area contributed by atoms with Gasteiger partial charge in [-0.3, -0.25) is 9.48 Å². The summed E-state index contributed by atoms with van der Waals surface area (Å²) in [5.41, 5.74) is 0.761. The van der Waals surface area contributed by atoms with Crippen LogP contribution in [0.2, 0.25) is 0 Å². The molecule has 1 aromatic heterocycles. The number of hydrogen-bond donors (Lipinski definition) is 0. The van der Waals surface area contributed by atoms with Crippen LogP contribution in [0.3, 0.4) is 0 Å². The smallest absolute Gasteiger partial charge is 0.420 e. The Hall–Kier alpha value is -3.69. The normalized spacial score (nSPS) is 13.4. The van der Waals surface area contributed by atoms with Crippen molar-refractivity contribution >= 4 is 5.91 Å². The monoisotopic (exact) mass is 503 g/mol. The number of rotatable bonds is 9. The van der Waals surface area contributed by atoms with Crippen LogP contribution < -0.4 is 14.2 Å². The maximum absolute atomic E-state index is 14.0. The molecule has 1 aliphatic rings. The number of ether oxygens (including phenoxy) is 3. The number of halogens is 3. The molecular weight excluding hydrogens is 475 g/mol. The average Bonchev–Trinajstić information content (AvgIpc) is 3.64. The van der Waals surface area contributed by atoms with Gasteiger partial charge in [0.25, 0.3) is 5.91 Å². The first-order valence-corrected chi connectivity index (χ1v) is 11.4. The van der Waals surface area contributed by atoms with E-state index in [0.717, 1.165) is 18.5 Å². The summed E-state index contributed by atoms with van der Waals surface area (Å²) < 4.78 is 59.3. The number of nitrogens with zero attached hydrogens (tertiary/aromatic N) is 3. The van der Waals surface area contributed by atoms with Crippen molar-refractivity contribution in [1.29, 1.82) is 0 Å². The lowest BCUT2D eigenvalue weighted by Crippen LogP contribution is -2.32. The molecule has 0 saturated heterocycles. The van der Waals surface area contributed by atoms with Crippen molar-refractivity contribution in [3.8, 4) is 17.2 Å². The lowest BCUT2D eigenvalue weighted by molar-refractivity contribution is -0.139. The molecular formula is C26H28F3N3O4. The molecule has 0 radical (unpaired) electrons. The van der Waals surface area contributed by atoms with Crippen molar-refractivity contribution in [3.63, 3.8) is 0 Å². The SMILES string of the molecule is COc1ccc(CN(Cc2cccc(OC)c2C(F)(F)F)C(=O)c2cc(C3CC3)nn2C)c(OC)c1. The zero-order valence-electron chi connectivity index (χ0n) is 20.6. The van der Waals surface area contributed by atoms with E-state index < -0.39 is 17.6 Å². The van der Waals surface area contributed by atoms with Crippen LogP contribution in [0.1, 0.15) is 51.6 Å². The fourth-order valence-electron chi connectivity index (χ4n) is 4.22. The minimum atomic E-state index is -4.67. The van der Waals surface area contributed by atoms with E-state index >= 15 is 0 Å². The van der Waals surface area contributed by atoms with Gasteiger partial charge in [0.05, 0.1) is 33.6 Å². The summed E-state index contributed by atoms with van der Waals surface area (Å²) in [6.45, 7) is -0.297. The van der Waals surface area contributed by atoms with E-state index in [1.807, 2.05) is 0 Å². The molecule has 0 N–H and O–H groups in total. The van der Waals surface area contributed by atoms with Crippen molar-refractivity contribution in [3.05, 3.63) is 70.5 Å². The van der Waals surface area contributed by atoms with Gasteiger partial charge in [-0.2, -0.15) is 18.3 Å². The molecule has 7 nitrogen and oxygen atoms in total. The fourth-order valence-corrected chi connectivity index (χ4v) is 4.22. The quantitative estimate of drug-likeness (QED) is 0.402. The Morgan fingerprint density at radius 2 is 1.69 bits per heavy atom. The average molecular weight is 504 g/mol. The van der Waals surface area contributed by atoms with E-state index in [0.29, 0.717) is 28.7 Å². The van der Waals surface area contributed by atoms with Crippen LogP contribution in [0.5, 0.6) is 17.2 Å². The fraction of sp³-hybridized carbons (Fsp3) is 0.385. The molecule has 0 unspecified atom stereocenters. The third-order valence-corrected chi connectivity index (χ3v) is 6.23. The van der Waals surface area contributed by atoms with E-state index in [1.165, 1.54) is 49.1 Å². The highest BCUT2D eigenvalue weighted by atomic mass is 19.4. The van der Waals surface area contributed by atoms with E-state index in [4.69, 9.17) is 14.2 Å². The van der Waals surface area contributed by atoms with Crippen molar-refractivity contribution in [2.45, 2.75) is 38.0 Å². The Kier molecular flexibility index (Phi) is 7.14. The van der Waals surface area contributed by atoms with Crippen molar-refractivity contribution in [1.82, 2.24) is 14.7 Å². The second-order valence-corrected chi connectivity index (χ2v) is 8.68. The van der Waals surface area contributed by atoms with Crippen LogP contribution in [0.25, 0.3) is 0 Å². The molecule has 36 heavy (non-hydrogen) atoms. The molecule has 1 amide bonds. The van der Waals surface area contributed by atoms with Gasteiger partial charge < -0.3 is 19.1 Å². The molecule has 1 aliphatic carbocycles. The predicted molar refractivity (Wildman–Crippen MR) is 126 cm³/mol. The summed E-state index contributed by atoms with van der Waals surface area (Å²) in [7, 11) is 5.86. The number of carbonyl (C=O) groups is 1. The van der Waals surface area contributed by atoms with Gasteiger partial charge in [-0.05, 0) is 42.7 Å². The van der Waals surface area contributed by atoms with Gasteiger partial charge in [-0.1, -0.05) is 12.1 Å². The number of benzene rings is 2. The van der Waals surface area contributed by atoms with Crippen LogP contribution in [-0.4, -0.2) is 41.9 Å². The molecule has 0 aliphatic heterocycles. The summed E-state index contributed by atoms with van der Waals surface area (Å²) in [6, 6.07) is 10.9. The highest BCUT2D eigenvalue weighted by Crippen LogP contribution is 2.41. The molecule has 0 bridgehead atoms. The summed E-state index contributed by atoms with van der Waals surface area (Å²) >= 11 is 0. The molecule has 3 aromatic rings. The van der Waals surface area contributed by atoms with E-state index in [-0.39, 0.29) is 24.4 Å². The number of alkyl halides is 3. The van der Waals surface area contributed by atoms with Crippen LogP contribution >= 0.6 is 0 Å². The summed E-state index contributed by atoms with van der Waals surface area (Å²) in [4.78, 5) is 15.1. The Balaban J connectivity index is 1.76. The molecule has 2 aromatic carbocycles. The molecule has 1 fully saturated rings. The number of aromatic nitrogens is 2. The minimum Gasteiger partial charge on any atom is -0.497 e. The molecule has 1 heterocycles. The standard InChI is InChI=1S/C26H28F3N3O4/c1-31-21(13-20(30-31)16-8-9-16)25(33)32(14-17-10-11-19(34-2)12-23(17)36-4)15-18-6-5-7-22(35-3)24(18)26(27,28)29/h5-7,10-13,16H,8-9,14-15H2,1-4H3. The maximum Gasteiger partial charge on any atom is 0.420 e. The molecule has 1 saturated carbocycles. The molecule has 0 spiro atoms. The van der Waals surface area contributed by atoms with Gasteiger partial charge in [-0.15, -0.1) is 0 Å². The van der Waals surface area contributed by atoms with Crippen molar-refractivity contribution < 1.29 is 32.2 Å². The van der Waals surface area contributed by atoms with Crippen LogP contribution in [-0.2, 0) is 26.3 Å².